The van der Waals surface area contributed by atoms with E-state index in [1.165, 1.54) is 25.7 Å². The first-order chi connectivity index (χ1) is 10.9. The second-order valence-electron chi connectivity index (χ2n) is 8.50. The first-order valence-electron chi connectivity index (χ1n) is 9.52. The zero-order valence-corrected chi connectivity index (χ0v) is 15.6. The van der Waals surface area contributed by atoms with Gasteiger partial charge in [-0.15, -0.1) is 0 Å². The highest BCUT2D eigenvalue weighted by Crippen LogP contribution is 2.33. The van der Waals surface area contributed by atoms with Crippen LogP contribution in [0, 0.1) is 11.3 Å². The molecule has 4 nitrogen and oxygen atoms in total. The van der Waals surface area contributed by atoms with Gasteiger partial charge in [-0.1, -0.05) is 46.5 Å². The number of hydrogen-bond donors (Lipinski definition) is 1. The highest BCUT2D eigenvalue weighted by atomic mass is 16.5. The van der Waals surface area contributed by atoms with Crippen LogP contribution in [0.3, 0.4) is 0 Å². The average molecular weight is 325 g/mol. The molecule has 4 heteroatoms. The largest absolute Gasteiger partial charge is 0.377 e. The number of rotatable bonds is 3. The highest BCUT2D eigenvalue weighted by molar-refractivity contribution is 5.74. The molecule has 1 aliphatic carbocycles. The van der Waals surface area contributed by atoms with Crippen LogP contribution in [0.4, 0.5) is 4.79 Å². The van der Waals surface area contributed by atoms with E-state index in [9.17, 15) is 4.79 Å². The number of carbonyl (C=O) groups is 1. The van der Waals surface area contributed by atoms with Crippen LogP contribution >= 0.6 is 0 Å². The van der Waals surface area contributed by atoms with Crippen molar-refractivity contribution in [3.05, 3.63) is 0 Å². The summed E-state index contributed by atoms with van der Waals surface area (Å²) in [5.41, 5.74) is 0.128. The Kier molecular flexibility index (Phi) is 6.75. The minimum atomic E-state index is 0.0927. The van der Waals surface area contributed by atoms with Crippen molar-refractivity contribution in [2.24, 2.45) is 11.3 Å². The first kappa shape index (κ1) is 18.6. The molecule has 0 bridgehead atoms. The highest BCUT2D eigenvalue weighted by Gasteiger charge is 2.35. The van der Waals surface area contributed by atoms with Crippen LogP contribution in [0.5, 0.6) is 0 Å². The van der Waals surface area contributed by atoms with E-state index in [-0.39, 0.29) is 17.6 Å². The summed E-state index contributed by atoms with van der Waals surface area (Å²) in [6, 6.07) is 0.508. The van der Waals surface area contributed by atoms with Gasteiger partial charge < -0.3 is 15.0 Å². The Morgan fingerprint density at radius 3 is 2.35 bits per heavy atom. The van der Waals surface area contributed by atoms with Gasteiger partial charge in [0.2, 0.25) is 0 Å². The Morgan fingerprint density at radius 1 is 1.09 bits per heavy atom. The van der Waals surface area contributed by atoms with Gasteiger partial charge >= 0.3 is 6.03 Å². The predicted octanol–water partition coefficient (Wildman–Crippen LogP) is 4.19. The molecule has 1 N–H and O–H groups in total. The molecule has 2 atom stereocenters. The van der Waals surface area contributed by atoms with Crippen molar-refractivity contribution in [2.45, 2.75) is 84.3 Å². The second kappa shape index (κ2) is 8.36. The number of amides is 2. The fourth-order valence-corrected chi connectivity index (χ4v) is 4.16. The van der Waals surface area contributed by atoms with Crippen LogP contribution in [-0.4, -0.2) is 43.3 Å². The Bertz CT molecular complexity index is 370. The van der Waals surface area contributed by atoms with Crippen LogP contribution in [0.15, 0.2) is 0 Å². The molecule has 1 saturated heterocycles. The Hall–Kier alpha value is -0.770. The summed E-state index contributed by atoms with van der Waals surface area (Å²) in [7, 11) is 1.96. The molecule has 1 saturated carbocycles. The van der Waals surface area contributed by atoms with Gasteiger partial charge in [-0.2, -0.15) is 0 Å². The van der Waals surface area contributed by atoms with E-state index in [1.54, 1.807) is 0 Å². The predicted molar refractivity (Wildman–Crippen MR) is 94.6 cm³/mol. The van der Waals surface area contributed by atoms with Crippen molar-refractivity contribution >= 4 is 6.03 Å². The summed E-state index contributed by atoms with van der Waals surface area (Å²) in [6.45, 7) is 8.28. The lowest BCUT2D eigenvalue weighted by Gasteiger charge is -2.40. The summed E-state index contributed by atoms with van der Waals surface area (Å²) in [4.78, 5) is 14.5. The molecular weight excluding hydrogens is 288 g/mol. The van der Waals surface area contributed by atoms with Gasteiger partial charge in [-0.3, -0.25) is 0 Å². The van der Waals surface area contributed by atoms with E-state index in [0.717, 1.165) is 38.8 Å². The molecule has 2 fully saturated rings. The SMILES string of the molecule is CN(C(=O)NC[C@@H]1CCCO[C@H]1C(C)(C)C)C1CCCCCC1. The maximum absolute atomic E-state index is 12.5. The third kappa shape index (κ3) is 5.37. The third-order valence-electron chi connectivity index (χ3n) is 5.51. The summed E-state index contributed by atoms with van der Waals surface area (Å²) in [5.74, 6) is 0.426. The molecule has 2 rings (SSSR count). The van der Waals surface area contributed by atoms with Gasteiger partial charge in [-0.25, -0.2) is 4.79 Å². The maximum Gasteiger partial charge on any atom is 0.317 e. The first-order valence-corrected chi connectivity index (χ1v) is 9.52. The van der Waals surface area contributed by atoms with E-state index in [1.807, 2.05) is 11.9 Å². The fraction of sp³-hybridized carbons (Fsp3) is 0.947. The van der Waals surface area contributed by atoms with Crippen LogP contribution in [0.25, 0.3) is 0 Å². The lowest BCUT2D eigenvalue weighted by atomic mass is 9.78. The van der Waals surface area contributed by atoms with Gasteiger partial charge in [0.15, 0.2) is 0 Å². The molecule has 1 aliphatic heterocycles. The van der Waals surface area contributed by atoms with Crippen LogP contribution < -0.4 is 5.32 Å². The number of hydrogen-bond acceptors (Lipinski definition) is 2. The molecule has 2 aliphatic rings. The summed E-state index contributed by atoms with van der Waals surface area (Å²) < 4.78 is 6.02. The topological polar surface area (TPSA) is 41.6 Å². The third-order valence-corrected chi connectivity index (χ3v) is 5.51. The lowest BCUT2D eigenvalue weighted by Crippen LogP contribution is -2.49. The Morgan fingerprint density at radius 2 is 1.74 bits per heavy atom. The zero-order chi connectivity index (χ0) is 16.9. The fourth-order valence-electron chi connectivity index (χ4n) is 4.16. The molecule has 0 aromatic heterocycles. The number of nitrogens with one attached hydrogen (secondary N) is 1. The second-order valence-corrected chi connectivity index (χ2v) is 8.50. The maximum atomic E-state index is 12.5. The molecular formula is C19H36N2O2. The van der Waals surface area contributed by atoms with Crippen molar-refractivity contribution in [3.63, 3.8) is 0 Å². The number of nitrogens with zero attached hydrogens (tertiary/aromatic N) is 1. The summed E-state index contributed by atoms with van der Waals surface area (Å²) >= 11 is 0. The van der Waals surface area contributed by atoms with Crippen molar-refractivity contribution < 1.29 is 9.53 Å². The van der Waals surface area contributed by atoms with Crippen molar-refractivity contribution in [2.75, 3.05) is 20.2 Å². The quantitative estimate of drug-likeness (QED) is 0.791. The van der Waals surface area contributed by atoms with E-state index in [0.29, 0.717) is 12.0 Å². The van der Waals surface area contributed by atoms with Crippen LogP contribution in [0.2, 0.25) is 0 Å². The lowest BCUT2D eigenvalue weighted by molar-refractivity contribution is -0.0839. The summed E-state index contributed by atoms with van der Waals surface area (Å²) in [5, 5.41) is 3.18. The standard InChI is InChI=1S/C19H36N2O2/c1-19(2,3)17-15(10-9-13-23-17)14-20-18(22)21(4)16-11-7-5-6-8-12-16/h15-17H,5-14H2,1-4H3,(H,20,22)/t15-,17+/m0/s1. The average Bonchev–Trinajstić information content (AvgIpc) is 2.80. The normalized spacial score (nSPS) is 27.3. The van der Waals surface area contributed by atoms with E-state index < -0.39 is 0 Å². The van der Waals surface area contributed by atoms with Gasteiger partial charge in [0.1, 0.15) is 0 Å². The molecule has 0 unspecified atom stereocenters. The molecule has 23 heavy (non-hydrogen) atoms. The molecule has 0 aromatic rings. The monoisotopic (exact) mass is 324 g/mol. The molecule has 1 heterocycles. The molecule has 0 aromatic carbocycles. The van der Waals surface area contributed by atoms with E-state index in [4.69, 9.17) is 4.74 Å². The van der Waals surface area contributed by atoms with Crippen molar-refractivity contribution in [1.29, 1.82) is 0 Å². The molecule has 134 valence electrons. The molecule has 2 amide bonds. The van der Waals surface area contributed by atoms with Crippen LogP contribution in [0.1, 0.15) is 72.1 Å². The Balaban J connectivity index is 1.84. The smallest absolute Gasteiger partial charge is 0.317 e. The van der Waals surface area contributed by atoms with E-state index >= 15 is 0 Å². The van der Waals surface area contributed by atoms with Crippen molar-refractivity contribution in [3.8, 4) is 0 Å². The Labute approximate surface area is 142 Å². The van der Waals surface area contributed by atoms with Crippen molar-refractivity contribution in [1.82, 2.24) is 10.2 Å². The van der Waals surface area contributed by atoms with Gasteiger partial charge in [-0.05, 0) is 31.1 Å². The van der Waals surface area contributed by atoms with Gasteiger partial charge in [0.25, 0.3) is 0 Å². The number of carbonyl (C=O) groups excluding carboxylic acids is 1. The molecule has 0 radical (unpaired) electrons. The number of ether oxygens (including phenoxy) is 1. The summed E-state index contributed by atoms with van der Waals surface area (Å²) in [6.07, 6.45) is 9.94. The minimum Gasteiger partial charge on any atom is -0.377 e. The van der Waals surface area contributed by atoms with E-state index in [2.05, 4.69) is 26.1 Å². The zero-order valence-electron chi connectivity index (χ0n) is 15.6. The molecule has 0 spiro atoms. The number of urea groups is 1. The van der Waals surface area contributed by atoms with Gasteiger partial charge in [0.05, 0.1) is 6.10 Å². The van der Waals surface area contributed by atoms with Gasteiger partial charge in [0, 0.05) is 32.2 Å². The minimum absolute atomic E-state index is 0.0927. The van der Waals surface area contributed by atoms with Crippen LogP contribution in [-0.2, 0) is 4.74 Å².